The molecule has 0 saturated heterocycles. The molecule has 0 fully saturated rings. The van der Waals surface area contributed by atoms with Gasteiger partial charge in [-0.1, -0.05) is 0 Å². The minimum atomic E-state index is -2.03. The van der Waals surface area contributed by atoms with Gasteiger partial charge in [0, 0.05) is 12.5 Å². The van der Waals surface area contributed by atoms with Crippen molar-refractivity contribution in [3.05, 3.63) is 29.8 Å². The van der Waals surface area contributed by atoms with Gasteiger partial charge < -0.3 is 20.3 Å². The molecule has 1 aromatic rings. The number of ketones is 1. The van der Waals surface area contributed by atoms with Crippen molar-refractivity contribution in [2.75, 3.05) is 0 Å². The Bertz CT molecular complexity index is 552. The summed E-state index contributed by atoms with van der Waals surface area (Å²) in [5, 5.41) is 20.6. The maximum Gasteiger partial charge on any atom is 0.335 e. The molecular weight excluding hydrogens is 290 g/mol. The zero-order chi connectivity index (χ0) is 16.9. The number of amides is 1. The van der Waals surface area contributed by atoms with Gasteiger partial charge in [0.25, 0.3) is 0 Å². The summed E-state index contributed by atoms with van der Waals surface area (Å²) in [6.07, 6.45) is -2.05. The minimum Gasteiger partial charge on any atom is -0.491 e. The van der Waals surface area contributed by atoms with E-state index in [0.29, 0.717) is 5.75 Å². The second-order valence-electron chi connectivity index (χ2n) is 5.02. The number of aliphatic hydroxyl groups is 1. The van der Waals surface area contributed by atoms with E-state index in [1.165, 1.54) is 12.1 Å². The maximum absolute atomic E-state index is 12.3. The number of aliphatic carboxylic acids is 1. The summed E-state index contributed by atoms with van der Waals surface area (Å²) in [6, 6.07) is 4.47. The Morgan fingerprint density at radius 1 is 1.14 bits per heavy atom. The van der Waals surface area contributed by atoms with Crippen LogP contribution >= 0.6 is 0 Å². The molecule has 1 amide bonds. The molecule has 2 atom stereocenters. The first-order chi connectivity index (χ1) is 10.2. The highest BCUT2D eigenvalue weighted by atomic mass is 16.5. The third-order valence-corrected chi connectivity index (χ3v) is 2.72. The van der Waals surface area contributed by atoms with Crippen molar-refractivity contribution in [1.82, 2.24) is 5.32 Å². The standard InChI is InChI=1S/C15H19NO6/c1-8(2)22-11-6-4-10(5-7-11)13(18)12(16-9(3)17)14(19)15(20)21/h4-8,12,14,19H,1-3H3,(H,16,17)(H,20,21). The smallest absolute Gasteiger partial charge is 0.335 e. The van der Waals surface area contributed by atoms with Crippen LogP contribution in [-0.4, -0.2) is 46.1 Å². The van der Waals surface area contributed by atoms with Crippen molar-refractivity contribution in [3.63, 3.8) is 0 Å². The lowest BCUT2D eigenvalue weighted by Gasteiger charge is -2.19. The molecule has 0 aliphatic heterocycles. The van der Waals surface area contributed by atoms with E-state index in [4.69, 9.17) is 9.84 Å². The molecule has 0 aliphatic carbocycles. The molecule has 0 radical (unpaired) electrons. The summed E-state index contributed by atoms with van der Waals surface area (Å²) < 4.78 is 5.44. The van der Waals surface area contributed by atoms with E-state index in [1.54, 1.807) is 12.1 Å². The van der Waals surface area contributed by atoms with Crippen LogP contribution in [0, 0.1) is 0 Å². The van der Waals surface area contributed by atoms with Crippen molar-refractivity contribution >= 4 is 17.7 Å². The molecular formula is C15H19NO6. The Hall–Kier alpha value is -2.41. The topological polar surface area (TPSA) is 113 Å². The number of benzene rings is 1. The summed E-state index contributed by atoms with van der Waals surface area (Å²) in [5.74, 6) is -2.34. The van der Waals surface area contributed by atoms with Crippen LogP contribution in [0.4, 0.5) is 0 Å². The van der Waals surface area contributed by atoms with Gasteiger partial charge in [-0.3, -0.25) is 9.59 Å². The lowest BCUT2D eigenvalue weighted by molar-refractivity contribution is -0.147. The van der Waals surface area contributed by atoms with Crippen LogP contribution in [0.15, 0.2) is 24.3 Å². The average molecular weight is 309 g/mol. The van der Waals surface area contributed by atoms with Gasteiger partial charge in [-0.2, -0.15) is 0 Å². The SMILES string of the molecule is CC(=O)NC(C(=O)c1ccc(OC(C)C)cc1)C(O)C(=O)O. The summed E-state index contributed by atoms with van der Waals surface area (Å²) in [4.78, 5) is 34.2. The Morgan fingerprint density at radius 3 is 2.09 bits per heavy atom. The second-order valence-corrected chi connectivity index (χ2v) is 5.02. The van der Waals surface area contributed by atoms with Crippen LogP contribution < -0.4 is 10.1 Å². The Kier molecular flexibility index (Phi) is 6.06. The van der Waals surface area contributed by atoms with Crippen molar-refractivity contribution in [1.29, 1.82) is 0 Å². The largest absolute Gasteiger partial charge is 0.491 e. The molecule has 0 bridgehead atoms. The van der Waals surface area contributed by atoms with E-state index >= 15 is 0 Å². The van der Waals surface area contributed by atoms with Gasteiger partial charge in [0.1, 0.15) is 11.8 Å². The zero-order valence-corrected chi connectivity index (χ0v) is 12.6. The van der Waals surface area contributed by atoms with Crippen molar-refractivity contribution in [2.45, 2.75) is 39.0 Å². The Balaban J connectivity index is 2.98. The van der Waals surface area contributed by atoms with Crippen LogP contribution in [0.2, 0.25) is 0 Å². The average Bonchev–Trinajstić information content (AvgIpc) is 2.43. The predicted molar refractivity (Wildman–Crippen MR) is 77.8 cm³/mol. The molecule has 120 valence electrons. The molecule has 2 unspecified atom stereocenters. The van der Waals surface area contributed by atoms with Gasteiger partial charge >= 0.3 is 5.97 Å². The first kappa shape index (κ1) is 17.6. The van der Waals surface area contributed by atoms with Gasteiger partial charge in [-0.25, -0.2) is 4.79 Å². The summed E-state index contributed by atoms with van der Waals surface area (Å²) in [7, 11) is 0. The summed E-state index contributed by atoms with van der Waals surface area (Å²) in [6.45, 7) is 4.85. The molecule has 3 N–H and O–H groups in total. The summed E-state index contributed by atoms with van der Waals surface area (Å²) in [5.41, 5.74) is 0.162. The van der Waals surface area contributed by atoms with E-state index in [9.17, 15) is 19.5 Å². The molecule has 0 heterocycles. The first-order valence-electron chi connectivity index (χ1n) is 6.71. The van der Waals surface area contributed by atoms with Gasteiger partial charge in [-0.15, -0.1) is 0 Å². The van der Waals surface area contributed by atoms with Crippen LogP contribution in [0.1, 0.15) is 31.1 Å². The normalized spacial score (nSPS) is 13.3. The van der Waals surface area contributed by atoms with E-state index in [0.717, 1.165) is 6.92 Å². The molecule has 0 spiro atoms. The zero-order valence-electron chi connectivity index (χ0n) is 12.6. The number of hydrogen-bond acceptors (Lipinski definition) is 5. The fourth-order valence-electron chi connectivity index (χ4n) is 1.80. The predicted octanol–water partition coefficient (Wildman–Crippen LogP) is 0.607. The third-order valence-electron chi connectivity index (χ3n) is 2.72. The lowest BCUT2D eigenvalue weighted by atomic mass is 9.99. The van der Waals surface area contributed by atoms with Crippen LogP contribution in [-0.2, 0) is 9.59 Å². The van der Waals surface area contributed by atoms with E-state index in [2.05, 4.69) is 5.32 Å². The summed E-state index contributed by atoms with van der Waals surface area (Å²) >= 11 is 0. The molecule has 0 saturated carbocycles. The number of ether oxygens (including phenoxy) is 1. The lowest BCUT2D eigenvalue weighted by Crippen LogP contribution is -2.51. The molecule has 22 heavy (non-hydrogen) atoms. The number of carboxylic acid groups (broad SMARTS) is 1. The van der Waals surface area contributed by atoms with Crippen LogP contribution in [0.5, 0.6) is 5.75 Å². The number of nitrogens with one attached hydrogen (secondary N) is 1. The van der Waals surface area contributed by atoms with Gasteiger partial charge in [-0.05, 0) is 38.1 Å². The number of carbonyl (C=O) groups is 3. The van der Waals surface area contributed by atoms with Gasteiger partial charge in [0.05, 0.1) is 6.10 Å². The molecule has 1 aromatic carbocycles. The maximum atomic E-state index is 12.3. The molecule has 7 heteroatoms. The Labute approximate surface area is 127 Å². The van der Waals surface area contributed by atoms with Gasteiger partial charge in [0.15, 0.2) is 11.9 Å². The molecule has 0 aliphatic rings. The van der Waals surface area contributed by atoms with Crippen molar-refractivity contribution < 1.29 is 29.3 Å². The highest BCUT2D eigenvalue weighted by Crippen LogP contribution is 2.16. The minimum absolute atomic E-state index is 0.0255. The fourth-order valence-corrected chi connectivity index (χ4v) is 1.80. The van der Waals surface area contributed by atoms with Gasteiger partial charge in [0.2, 0.25) is 5.91 Å². The molecule has 1 rings (SSSR count). The quantitative estimate of drug-likeness (QED) is 0.636. The van der Waals surface area contributed by atoms with Crippen LogP contribution in [0.3, 0.4) is 0 Å². The molecule has 0 aromatic heterocycles. The number of Topliss-reactive ketones (excluding diaryl/α,β-unsaturated/α-hetero) is 1. The highest BCUT2D eigenvalue weighted by Gasteiger charge is 2.33. The van der Waals surface area contributed by atoms with E-state index in [1.807, 2.05) is 13.8 Å². The second kappa shape index (κ2) is 7.56. The van der Waals surface area contributed by atoms with Crippen molar-refractivity contribution in [2.24, 2.45) is 0 Å². The first-order valence-corrected chi connectivity index (χ1v) is 6.71. The molecule has 7 nitrogen and oxygen atoms in total. The highest BCUT2D eigenvalue weighted by molar-refractivity contribution is 6.04. The van der Waals surface area contributed by atoms with E-state index < -0.39 is 29.8 Å². The fraction of sp³-hybridized carbons (Fsp3) is 0.400. The monoisotopic (exact) mass is 309 g/mol. The van der Waals surface area contributed by atoms with Crippen LogP contribution in [0.25, 0.3) is 0 Å². The third kappa shape index (κ3) is 4.85. The number of carboxylic acids is 1. The number of carbonyl (C=O) groups excluding carboxylic acids is 2. The Morgan fingerprint density at radius 2 is 1.68 bits per heavy atom. The van der Waals surface area contributed by atoms with Crippen molar-refractivity contribution in [3.8, 4) is 5.75 Å². The number of rotatable bonds is 7. The number of hydrogen-bond donors (Lipinski definition) is 3. The number of aliphatic hydroxyl groups excluding tert-OH is 1. The van der Waals surface area contributed by atoms with E-state index in [-0.39, 0.29) is 11.7 Å².